The average Bonchev–Trinajstić information content (AvgIpc) is 3.38. The first-order valence-corrected chi connectivity index (χ1v) is 14.6. The topological polar surface area (TPSA) is 0 Å². The monoisotopic (exact) mass is 558 g/mol. The Morgan fingerprint density at radius 1 is 0.538 bits per heavy atom. The molecule has 0 unspecified atom stereocenters. The van der Waals surface area contributed by atoms with Gasteiger partial charge in [-0.3, -0.25) is 0 Å². The Hall–Kier alpha value is -1.63. The van der Waals surface area contributed by atoms with E-state index >= 15 is 0 Å². The summed E-state index contributed by atoms with van der Waals surface area (Å²) in [6.45, 7) is 23.4. The minimum absolute atomic E-state index is 0. The average molecular weight is 559 g/mol. The molecular formula is C38H54Ti. The van der Waals surface area contributed by atoms with Crippen molar-refractivity contribution in [2.24, 2.45) is 0 Å². The first kappa shape index (κ1) is 35.4. The van der Waals surface area contributed by atoms with E-state index in [9.17, 15) is 0 Å². The maximum Gasteiger partial charge on any atom is 4.00 e. The molecule has 0 saturated carbocycles. The minimum atomic E-state index is 0. The van der Waals surface area contributed by atoms with Gasteiger partial charge in [0.25, 0.3) is 0 Å². The van der Waals surface area contributed by atoms with Gasteiger partial charge >= 0.3 is 21.7 Å². The van der Waals surface area contributed by atoms with Crippen LogP contribution >= 0.6 is 0 Å². The summed E-state index contributed by atoms with van der Waals surface area (Å²) in [5.74, 6) is 2.18. The van der Waals surface area contributed by atoms with Gasteiger partial charge in [0.05, 0.1) is 0 Å². The molecule has 4 aromatic carbocycles. The molecular weight excluding hydrogens is 504 g/mol. The van der Waals surface area contributed by atoms with E-state index in [1.54, 1.807) is 44.2 Å². The molecule has 4 rings (SSSR count). The Bertz CT molecular complexity index is 1250. The normalized spacial score (nSPS) is 11.5. The number of aryl methyl sites for hydroxylation is 4. The van der Waals surface area contributed by atoms with Gasteiger partial charge in [-0.05, 0) is 36.5 Å². The van der Waals surface area contributed by atoms with Gasteiger partial charge in [0.15, 0.2) is 0 Å². The molecule has 0 heterocycles. The van der Waals surface area contributed by atoms with Gasteiger partial charge < -0.3 is 14.9 Å². The molecule has 0 spiro atoms. The minimum Gasteiger partial charge on any atom is -0.358 e. The van der Waals surface area contributed by atoms with Crippen LogP contribution in [-0.4, -0.2) is 0 Å². The predicted molar refractivity (Wildman–Crippen MR) is 174 cm³/mol. The van der Waals surface area contributed by atoms with Crippen molar-refractivity contribution < 1.29 is 21.7 Å². The SMILES string of the molecule is CCc1[cH-]c2cc(C(C)C)cc(C(C)C)c2c1CCc1c(CC)[cH-]c2cc(C(C)C)cc(C(C)C)c12.[CH3-].[CH3-].[Ti+4]. The van der Waals surface area contributed by atoms with Gasteiger partial charge in [-0.1, -0.05) is 116 Å². The zero-order valence-electron chi connectivity index (χ0n) is 27.1. The Morgan fingerprint density at radius 2 is 0.872 bits per heavy atom. The molecule has 1 heteroatoms. The van der Waals surface area contributed by atoms with E-state index in [-0.39, 0.29) is 36.6 Å². The van der Waals surface area contributed by atoms with Crippen molar-refractivity contribution in [3.63, 3.8) is 0 Å². The molecule has 0 aliphatic rings. The summed E-state index contributed by atoms with van der Waals surface area (Å²) in [5.41, 5.74) is 12.3. The number of rotatable bonds is 9. The van der Waals surface area contributed by atoms with Crippen LogP contribution in [0.1, 0.15) is 137 Å². The Balaban J connectivity index is 0.00000253. The summed E-state index contributed by atoms with van der Waals surface area (Å²) < 4.78 is 0. The van der Waals surface area contributed by atoms with E-state index in [0.29, 0.717) is 23.7 Å². The second-order valence-electron chi connectivity index (χ2n) is 12.3. The van der Waals surface area contributed by atoms with Crippen LogP contribution in [0.5, 0.6) is 0 Å². The zero-order valence-corrected chi connectivity index (χ0v) is 28.7. The second kappa shape index (κ2) is 14.3. The predicted octanol–water partition coefficient (Wildman–Crippen LogP) is 11.7. The third-order valence-electron chi connectivity index (χ3n) is 8.45. The molecule has 0 amide bonds. The summed E-state index contributed by atoms with van der Waals surface area (Å²) in [6.07, 6.45) is 4.47. The molecule has 0 aromatic heterocycles. The summed E-state index contributed by atoms with van der Waals surface area (Å²) in [7, 11) is 0. The molecule has 0 bridgehead atoms. The maximum absolute atomic E-state index is 2.50. The Morgan fingerprint density at radius 3 is 1.13 bits per heavy atom. The smallest absolute Gasteiger partial charge is 0.358 e. The van der Waals surface area contributed by atoms with Crippen LogP contribution < -0.4 is 0 Å². The molecule has 0 aliphatic carbocycles. The molecule has 0 radical (unpaired) electrons. The van der Waals surface area contributed by atoms with E-state index < -0.39 is 0 Å². The Kier molecular flexibility index (Phi) is 13.0. The maximum atomic E-state index is 2.50. The summed E-state index contributed by atoms with van der Waals surface area (Å²) in [5, 5.41) is 6.02. The molecule has 39 heavy (non-hydrogen) atoms. The molecule has 0 fully saturated rings. The standard InChI is InChI=1S/C36H48.2CH3.Ti/c1-11-25-15-29-17-27(21(3)4)19-33(23(7)8)35(29)31(25)13-14-32-26(12-2)16-30-18-28(22(5)6)20-34(24(9)10)36(30)32;;;/h15-24H,11-14H2,1-10H3;2*1H3;/q-2;2*-1;+4. The molecule has 0 nitrogen and oxygen atoms in total. The fourth-order valence-corrected chi connectivity index (χ4v) is 6.25. The van der Waals surface area contributed by atoms with E-state index in [0.717, 1.165) is 25.7 Å². The third kappa shape index (κ3) is 6.82. The Labute approximate surface area is 256 Å². The first-order valence-electron chi connectivity index (χ1n) is 14.6. The van der Waals surface area contributed by atoms with Crippen molar-refractivity contribution in [2.45, 2.75) is 119 Å². The van der Waals surface area contributed by atoms with Crippen molar-refractivity contribution >= 4 is 21.5 Å². The second-order valence-corrected chi connectivity index (χ2v) is 12.3. The summed E-state index contributed by atoms with van der Waals surface area (Å²) in [4.78, 5) is 0. The van der Waals surface area contributed by atoms with E-state index in [4.69, 9.17) is 0 Å². The van der Waals surface area contributed by atoms with Crippen molar-refractivity contribution in [2.75, 3.05) is 0 Å². The van der Waals surface area contributed by atoms with Gasteiger partial charge in [-0.2, -0.15) is 11.1 Å². The van der Waals surface area contributed by atoms with Gasteiger partial charge in [0, 0.05) is 0 Å². The zero-order chi connectivity index (χ0) is 26.3. The number of hydrogen-bond donors (Lipinski definition) is 0. The molecule has 0 aliphatic heterocycles. The molecule has 0 N–H and O–H groups in total. The molecule has 210 valence electrons. The van der Waals surface area contributed by atoms with Crippen LogP contribution in [0.15, 0.2) is 36.4 Å². The van der Waals surface area contributed by atoms with Crippen molar-refractivity contribution in [3.8, 4) is 0 Å². The van der Waals surface area contributed by atoms with Gasteiger partial charge in [-0.25, -0.2) is 0 Å². The van der Waals surface area contributed by atoms with E-state index in [2.05, 4.69) is 106 Å². The molecule has 4 aromatic rings. The van der Waals surface area contributed by atoms with Crippen LogP contribution in [0, 0.1) is 14.9 Å². The van der Waals surface area contributed by atoms with Crippen LogP contribution in [0.2, 0.25) is 0 Å². The van der Waals surface area contributed by atoms with Crippen LogP contribution in [0.4, 0.5) is 0 Å². The van der Waals surface area contributed by atoms with E-state index in [1.807, 2.05) is 0 Å². The van der Waals surface area contributed by atoms with Gasteiger partial charge in [0.1, 0.15) is 0 Å². The number of fused-ring (bicyclic) bond motifs is 2. The quantitative estimate of drug-likeness (QED) is 0.142. The summed E-state index contributed by atoms with van der Waals surface area (Å²) >= 11 is 0. The van der Waals surface area contributed by atoms with E-state index in [1.165, 1.54) is 21.9 Å². The van der Waals surface area contributed by atoms with Crippen LogP contribution in [0.25, 0.3) is 21.5 Å². The molecule has 0 atom stereocenters. The first-order chi connectivity index (χ1) is 17.1. The van der Waals surface area contributed by atoms with Gasteiger partial charge in [0.2, 0.25) is 0 Å². The van der Waals surface area contributed by atoms with Crippen molar-refractivity contribution in [1.82, 2.24) is 0 Å². The number of benzene rings is 2. The van der Waals surface area contributed by atoms with Crippen molar-refractivity contribution in [1.29, 1.82) is 0 Å². The summed E-state index contributed by atoms with van der Waals surface area (Å²) in [6, 6.07) is 14.9. The largest absolute Gasteiger partial charge is 4.00 e. The fraction of sp³-hybridized carbons (Fsp3) is 0.474. The molecule has 0 saturated heterocycles. The van der Waals surface area contributed by atoms with Crippen molar-refractivity contribution in [3.05, 3.63) is 95.8 Å². The fourth-order valence-electron chi connectivity index (χ4n) is 6.25. The van der Waals surface area contributed by atoms with Gasteiger partial charge in [-0.15, -0.1) is 56.9 Å². The third-order valence-corrected chi connectivity index (χ3v) is 8.45. The van der Waals surface area contributed by atoms with Crippen LogP contribution in [0.3, 0.4) is 0 Å². The van der Waals surface area contributed by atoms with Crippen LogP contribution in [-0.2, 0) is 47.4 Å². The number of hydrogen-bond acceptors (Lipinski definition) is 0.